The molecule has 0 saturated carbocycles. The van der Waals surface area contributed by atoms with Crippen molar-refractivity contribution in [2.75, 3.05) is 39.3 Å². The minimum Gasteiger partial charge on any atom is -0.342 e. The zero-order valence-electron chi connectivity index (χ0n) is 12.7. The minimum atomic E-state index is 0.213. The lowest BCUT2D eigenvalue weighted by Crippen LogP contribution is -2.48. The fourth-order valence-corrected chi connectivity index (χ4v) is 3.57. The molecule has 2 rings (SSSR count). The van der Waals surface area contributed by atoms with E-state index in [1.165, 1.54) is 0 Å². The second kappa shape index (κ2) is 6.71. The van der Waals surface area contributed by atoms with Crippen LogP contribution in [0.25, 0.3) is 0 Å². The van der Waals surface area contributed by atoms with Gasteiger partial charge in [0.1, 0.15) is 0 Å². The SMILES string of the molecule is CCN(CC)C1CCN(C(=O)C2CNCC2C)CC1. The molecule has 4 nitrogen and oxygen atoms in total. The van der Waals surface area contributed by atoms with E-state index in [0.717, 1.165) is 52.1 Å². The Morgan fingerprint density at radius 3 is 2.32 bits per heavy atom. The van der Waals surface area contributed by atoms with Crippen molar-refractivity contribution in [1.29, 1.82) is 0 Å². The lowest BCUT2D eigenvalue weighted by atomic mass is 9.94. The first kappa shape index (κ1) is 14.8. The molecule has 4 heteroatoms. The predicted molar refractivity (Wildman–Crippen MR) is 78.0 cm³/mol. The van der Waals surface area contributed by atoms with E-state index in [1.54, 1.807) is 0 Å². The van der Waals surface area contributed by atoms with Crippen molar-refractivity contribution >= 4 is 5.91 Å². The summed E-state index contributed by atoms with van der Waals surface area (Å²) >= 11 is 0. The quantitative estimate of drug-likeness (QED) is 0.831. The van der Waals surface area contributed by atoms with Gasteiger partial charge in [0.25, 0.3) is 0 Å². The van der Waals surface area contributed by atoms with Gasteiger partial charge < -0.3 is 15.1 Å². The summed E-state index contributed by atoms with van der Waals surface area (Å²) in [5.74, 6) is 1.09. The highest BCUT2D eigenvalue weighted by atomic mass is 16.2. The maximum absolute atomic E-state index is 12.5. The summed E-state index contributed by atoms with van der Waals surface area (Å²) in [7, 11) is 0. The molecule has 2 fully saturated rings. The standard InChI is InChI=1S/C15H29N3O/c1-4-17(5-2)13-6-8-18(9-7-13)15(19)14-11-16-10-12(14)3/h12-14,16H,4-11H2,1-3H3. The van der Waals surface area contributed by atoms with E-state index < -0.39 is 0 Å². The molecule has 2 unspecified atom stereocenters. The molecule has 0 spiro atoms. The summed E-state index contributed by atoms with van der Waals surface area (Å²) in [6.45, 7) is 12.6. The summed E-state index contributed by atoms with van der Waals surface area (Å²) in [4.78, 5) is 17.1. The van der Waals surface area contributed by atoms with Gasteiger partial charge in [-0.15, -0.1) is 0 Å². The Morgan fingerprint density at radius 1 is 1.21 bits per heavy atom. The fraction of sp³-hybridized carbons (Fsp3) is 0.933. The lowest BCUT2D eigenvalue weighted by molar-refractivity contribution is -0.137. The van der Waals surface area contributed by atoms with Crippen LogP contribution in [0.5, 0.6) is 0 Å². The van der Waals surface area contributed by atoms with Crippen LogP contribution in [0.15, 0.2) is 0 Å². The van der Waals surface area contributed by atoms with Crippen LogP contribution in [-0.2, 0) is 4.79 Å². The van der Waals surface area contributed by atoms with Gasteiger partial charge in [-0.25, -0.2) is 0 Å². The molecule has 0 aliphatic carbocycles. The molecule has 2 atom stereocenters. The van der Waals surface area contributed by atoms with E-state index >= 15 is 0 Å². The van der Waals surface area contributed by atoms with Crippen LogP contribution in [-0.4, -0.2) is 61.0 Å². The van der Waals surface area contributed by atoms with Gasteiger partial charge in [-0.1, -0.05) is 20.8 Å². The van der Waals surface area contributed by atoms with Gasteiger partial charge in [0.2, 0.25) is 5.91 Å². The van der Waals surface area contributed by atoms with E-state index in [1.807, 2.05) is 0 Å². The average Bonchev–Trinajstić information content (AvgIpc) is 2.86. The first-order valence-corrected chi connectivity index (χ1v) is 7.90. The number of hydrogen-bond donors (Lipinski definition) is 1. The predicted octanol–water partition coefficient (Wildman–Crippen LogP) is 1.17. The fourth-order valence-electron chi connectivity index (χ4n) is 3.57. The molecule has 0 radical (unpaired) electrons. The highest BCUT2D eigenvalue weighted by molar-refractivity contribution is 5.79. The molecule has 2 aliphatic rings. The molecule has 19 heavy (non-hydrogen) atoms. The van der Waals surface area contributed by atoms with Crippen molar-refractivity contribution in [2.45, 2.75) is 39.7 Å². The second-order valence-corrected chi connectivity index (χ2v) is 6.02. The highest BCUT2D eigenvalue weighted by Crippen LogP contribution is 2.22. The zero-order chi connectivity index (χ0) is 13.8. The molecule has 0 aromatic heterocycles. The van der Waals surface area contributed by atoms with Gasteiger partial charge in [0.15, 0.2) is 0 Å². The lowest BCUT2D eigenvalue weighted by Gasteiger charge is -2.38. The van der Waals surface area contributed by atoms with Crippen LogP contribution in [0.4, 0.5) is 0 Å². The van der Waals surface area contributed by atoms with Crippen molar-refractivity contribution in [3.05, 3.63) is 0 Å². The molecule has 2 saturated heterocycles. The van der Waals surface area contributed by atoms with Gasteiger partial charge in [-0.2, -0.15) is 0 Å². The van der Waals surface area contributed by atoms with Gasteiger partial charge in [-0.3, -0.25) is 4.79 Å². The molecule has 0 aromatic rings. The summed E-state index contributed by atoms with van der Waals surface area (Å²) in [5.41, 5.74) is 0. The molecule has 110 valence electrons. The number of carbonyl (C=O) groups excluding carboxylic acids is 1. The number of hydrogen-bond acceptors (Lipinski definition) is 3. The number of piperidine rings is 1. The van der Waals surface area contributed by atoms with Crippen LogP contribution >= 0.6 is 0 Å². The van der Waals surface area contributed by atoms with Crippen molar-refractivity contribution in [1.82, 2.24) is 15.1 Å². The number of carbonyl (C=O) groups is 1. The summed E-state index contributed by atoms with van der Waals surface area (Å²) in [6.07, 6.45) is 2.28. The number of amides is 1. The molecule has 0 aromatic carbocycles. The maximum Gasteiger partial charge on any atom is 0.227 e. The molecular formula is C15H29N3O. The molecule has 1 amide bonds. The maximum atomic E-state index is 12.5. The summed E-state index contributed by atoms with van der Waals surface area (Å²) in [5, 5.41) is 3.33. The van der Waals surface area contributed by atoms with E-state index in [4.69, 9.17) is 0 Å². The Labute approximate surface area is 117 Å². The van der Waals surface area contributed by atoms with Gasteiger partial charge in [0, 0.05) is 25.7 Å². The minimum absolute atomic E-state index is 0.213. The number of nitrogens with zero attached hydrogens (tertiary/aromatic N) is 2. The van der Waals surface area contributed by atoms with Gasteiger partial charge >= 0.3 is 0 Å². The number of nitrogens with one attached hydrogen (secondary N) is 1. The molecule has 2 aliphatic heterocycles. The Bertz CT molecular complexity index is 296. The molecule has 1 N–H and O–H groups in total. The van der Waals surface area contributed by atoms with Gasteiger partial charge in [0.05, 0.1) is 5.92 Å². The van der Waals surface area contributed by atoms with Crippen LogP contribution in [0, 0.1) is 11.8 Å². The van der Waals surface area contributed by atoms with Crippen LogP contribution in [0.2, 0.25) is 0 Å². The van der Waals surface area contributed by atoms with Crippen molar-refractivity contribution in [2.24, 2.45) is 11.8 Å². The zero-order valence-corrected chi connectivity index (χ0v) is 12.7. The normalized spacial score (nSPS) is 29.2. The largest absolute Gasteiger partial charge is 0.342 e. The van der Waals surface area contributed by atoms with Gasteiger partial charge in [-0.05, 0) is 38.4 Å². The smallest absolute Gasteiger partial charge is 0.227 e. The topological polar surface area (TPSA) is 35.6 Å². The number of rotatable bonds is 4. The summed E-state index contributed by atoms with van der Waals surface area (Å²) in [6, 6.07) is 0.679. The summed E-state index contributed by atoms with van der Waals surface area (Å²) < 4.78 is 0. The van der Waals surface area contributed by atoms with E-state index in [-0.39, 0.29) is 5.92 Å². The van der Waals surface area contributed by atoms with Crippen molar-refractivity contribution in [3.63, 3.8) is 0 Å². The monoisotopic (exact) mass is 267 g/mol. The second-order valence-electron chi connectivity index (χ2n) is 6.02. The number of likely N-dealkylation sites (tertiary alicyclic amines) is 1. The highest BCUT2D eigenvalue weighted by Gasteiger charge is 2.34. The van der Waals surface area contributed by atoms with E-state index in [9.17, 15) is 4.79 Å². The first-order valence-electron chi connectivity index (χ1n) is 7.90. The third-order valence-corrected chi connectivity index (χ3v) is 4.94. The first-order chi connectivity index (χ1) is 9.17. The van der Waals surface area contributed by atoms with E-state index in [2.05, 4.69) is 35.9 Å². The van der Waals surface area contributed by atoms with Crippen molar-refractivity contribution < 1.29 is 4.79 Å². The Hall–Kier alpha value is -0.610. The Balaban J connectivity index is 1.84. The third kappa shape index (κ3) is 3.29. The third-order valence-electron chi connectivity index (χ3n) is 4.94. The van der Waals surface area contributed by atoms with E-state index in [0.29, 0.717) is 17.9 Å². The van der Waals surface area contributed by atoms with Crippen molar-refractivity contribution in [3.8, 4) is 0 Å². The average molecular weight is 267 g/mol. The van der Waals surface area contributed by atoms with Crippen LogP contribution < -0.4 is 5.32 Å². The molecule has 0 bridgehead atoms. The Morgan fingerprint density at radius 2 is 1.84 bits per heavy atom. The van der Waals surface area contributed by atoms with Crippen LogP contribution in [0.1, 0.15) is 33.6 Å². The molecular weight excluding hydrogens is 238 g/mol. The van der Waals surface area contributed by atoms with Crippen LogP contribution in [0.3, 0.4) is 0 Å². The Kier molecular flexibility index (Phi) is 5.22. The molecule has 2 heterocycles.